The standard InChI is InChI=1S/C5H12N2O2S.ClH/c6-1-2-7-4(3-10)5(8)9;/h4,7,10H,1-3,6H2,(H,8,9);1H/t4-;/m1./s1. The van der Waals surface area contributed by atoms with Crippen molar-refractivity contribution >= 4 is 31.0 Å². The number of thiol groups is 1. The van der Waals surface area contributed by atoms with E-state index >= 15 is 0 Å². The Balaban J connectivity index is 0. The van der Waals surface area contributed by atoms with Gasteiger partial charge in [0.05, 0.1) is 0 Å². The molecule has 11 heavy (non-hydrogen) atoms. The van der Waals surface area contributed by atoms with Gasteiger partial charge in [-0.25, -0.2) is 0 Å². The monoisotopic (exact) mass is 200 g/mol. The van der Waals surface area contributed by atoms with Gasteiger partial charge in [0.15, 0.2) is 0 Å². The third kappa shape index (κ3) is 6.43. The molecule has 0 saturated carbocycles. The maximum atomic E-state index is 10.3. The van der Waals surface area contributed by atoms with Gasteiger partial charge in [-0.3, -0.25) is 4.79 Å². The minimum Gasteiger partial charge on any atom is -0.480 e. The number of aliphatic carboxylic acids is 1. The molecule has 0 fully saturated rings. The molecule has 0 saturated heterocycles. The SMILES string of the molecule is Cl.NCCN[C@H](CS)C(=O)O. The van der Waals surface area contributed by atoms with Gasteiger partial charge in [0.2, 0.25) is 0 Å². The predicted octanol–water partition coefficient (Wildman–Crippen LogP) is -0.661. The number of halogens is 1. The number of hydrogen-bond acceptors (Lipinski definition) is 4. The van der Waals surface area contributed by atoms with E-state index in [0.29, 0.717) is 13.1 Å². The highest BCUT2D eigenvalue weighted by molar-refractivity contribution is 7.80. The zero-order valence-corrected chi connectivity index (χ0v) is 7.70. The van der Waals surface area contributed by atoms with Crippen LogP contribution in [-0.2, 0) is 4.79 Å². The Morgan fingerprint density at radius 3 is 2.55 bits per heavy atom. The van der Waals surface area contributed by atoms with Crippen molar-refractivity contribution < 1.29 is 9.90 Å². The second-order valence-corrected chi connectivity index (χ2v) is 2.18. The van der Waals surface area contributed by atoms with Gasteiger partial charge in [-0.2, -0.15) is 12.6 Å². The van der Waals surface area contributed by atoms with E-state index in [1.807, 2.05) is 0 Å². The maximum absolute atomic E-state index is 10.3. The van der Waals surface area contributed by atoms with Crippen molar-refractivity contribution in [1.82, 2.24) is 5.32 Å². The van der Waals surface area contributed by atoms with Gasteiger partial charge in [0.25, 0.3) is 0 Å². The van der Waals surface area contributed by atoms with E-state index in [9.17, 15) is 4.79 Å². The lowest BCUT2D eigenvalue weighted by molar-refractivity contribution is -0.138. The summed E-state index contributed by atoms with van der Waals surface area (Å²) < 4.78 is 0. The summed E-state index contributed by atoms with van der Waals surface area (Å²) in [5.41, 5.74) is 5.15. The fourth-order valence-corrected chi connectivity index (χ4v) is 0.773. The average molecular weight is 201 g/mol. The number of nitrogens with one attached hydrogen (secondary N) is 1. The summed E-state index contributed by atoms with van der Waals surface area (Å²) >= 11 is 3.84. The largest absolute Gasteiger partial charge is 0.480 e. The highest BCUT2D eigenvalue weighted by Gasteiger charge is 2.12. The summed E-state index contributed by atoms with van der Waals surface area (Å²) in [6.45, 7) is 0.953. The van der Waals surface area contributed by atoms with Gasteiger partial charge >= 0.3 is 5.97 Å². The summed E-state index contributed by atoms with van der Waals surface area (Å²) in [6, 6.07) is -0.577. The van der Waals surface area contributed by atoms with Crippen molar-refractivity contribution in [3.63, 3.8) is 0 Å². The molecule has 0 amide bonds. The number of rotatable bonds is 5. The van der Waals surface area contributed by atoms with E-state index in [-0.39, 0.29) is 18.2 Å². The number of hydrogen-bond donors (Lipinski definition) is 4. The normalized spacial score (nSPS) is 11.8. The van der Waals surface area contributed by atoms with Crippen molar-refractivity contribution in [3.8, 4) is 0 Å². The first-order valence-corrected chi connectivity index (χ1v) is 3.62. The zero-order valence-electron chi connectivity index (χ0n) is 5.99. The molecule has 0 aromatic rings. The molecule has 0 bridgehead atoms. The van der Waals surface area contributed by atoms with Crippen LogP contribution in [0.2, 0.25) is 0 Å². The van der Waals surface area contributed by atoms with Crippen LogP contribution in [0.4, 0.5) is 0 Å². The molecule has 0 aliphatic heterocycles. The fourth-order valence-electron chi connectivity index (χ4n) is 0.488. The second-order valence-electron chi connectivity index (χ2n) is 1.82. The van der Waals surface area contributed by atoms with E-state index in [2.05, 4.69) is 17.9 Å². The molecule has 68 valence electrons. The minimum atomic E-state index is -0.886. The van der Waals surface area contributed by atoms with E-state index in [1.54, 1.807) is 0 Å². The Labute approximate surface area is 77.4 Å². The maximum Gasteiger partial charge on any atom is 0.321 e. The Kier molecular flexibility index (Phi) is 10.1. The van der Waals surface area contributed by atoms with Crippen LogP contribution in [0.5, 0.6) is 0 Å². The van der Waals surface area contributed by atoms with Crippen molar-refractivity contribution in [2.75, 3.05) is 18.8 Å². The summed E-state index contributed by atoms with van der Waals surface area (Å²) in [7, 11) is 0. The number of nitrogens with two attached hydrogens (primary N) is 1. The predicted molar refractivity (Wildman–Crippen MR) is 49.6 cm³/mol. The Morgan fingerprint density at radius 2 is 2.27 bits per heavy atom. The Hall–Kier alpha value is 0.0300. The van der Waals surface area contributed by atoms with Gasteiger partial charge in [0, 0.05) is 18.8 Å². The second kappa shape index (κ2) is 8.13. The molecular weight excluding hydrogens is 188 g/mol. The smallest absolute Gasteiger partial charge is 0.321 e. The highest BCUT2D eigenvalue weighted by atomic mass is 35.5. The van der Waals surface area contributed by atoms with Crippen LogP contribution in [0, 0.1) is 0 Å². The highest BCUT2D eigenvalue weighted by Crippen LogP contribution is 1.86. The number of carboxylic acid groups (broad SMARTS) is 1. The van der Waals surface area contributed by atoms with Crippen LogP contribution in [0.1, 0.15) is 0 Å². The molecule has 0 radical (unpaired) electrons. The molecule has 1 atom stereocenters. The van der Waals surface area contributed by atoms with Crippen molar-refractivity contribution in [2.24, 2.45) is 5.73 Å². The summed E-state index contributed by atoms with van der Waals surface area (Å²) in [5.74, 6) is -0.599. The number of carbonyl (C=O) groups is 1. The molecule has 4 N–H and O–H groups in total. The molecule has 0 aliphatic rings. The molecule has 0 spiro atoms. The van der Waals surface area contributed by atoms with E-state index in [4.69, 9.17) is 10.8 Å². The van der Waals surface area contributed by atoms with Crippen LogP contribution in [0.3, 0.4) is 0 Å². The summed E-state index contributed by atoms with van der Waals surface area (Å²) in [4.78, 5) is 10.3. The quantitative estimate of drug-likeness (QED) is 0.445. The minimum absolute atomic E-state index is 0. The van der Waals surface area contributed by atoms with Gasteiger partial charge in [-0.15, -0.1) is 12.4 Å². The van der Waals surface area contributed by atoms with E-state index in [1.165, 1.54) is 0 Å². The van der Waals surface area contributed by atoms with Crippen LogP contribution < -0.4 is 11.1 Å². The molecule has 6 heteroatoms. The summed E-state index contributed by atoms with van der Waals surface area (Å²) in [6.07, 6.45) is 0. The number of carboxylic acids is 1. The first-order chi connectivity index (χ1) is 4.72. The first kappa shape index (κ1) is 13.6. The van der Waals surface area contributed by atoms with Gasteiger partial charge in [0.1, 0.15) is 6.04 Å². The third-order valence-electron chi connectivity index (χ3n) is 1.02. The van der Waals surface area contributed by atoms with Crippen molar-refractivity contribution in [2.45, 2.75) is 6.04 Å². The zero-order chi connectivity index (χ0) is 7.98. The molecule has 0 heterocycles. The average Bonchev–Trinajstić information content (AvgIpc) is 1.89. The molecular formula is C5H13ClN2O2S. The van der Waals surface area contributed by atoms with Crippen LogP contribution in [-0.4, -0.2) is 36.0 Å². The molecule has 0 aromatic heterocycles. The van der Waals surface area contributed by atoms with Gasteiger partial charge in [-0.1, -0.05) is 0 Å². The van der Waals surface area contributed by atoms with Crippen LogP contribution in [0.15, 0.2) is 0 Å². The summed E-state index contributed by atoms with van der Waals surface area (Å²) in [5, 5.41) is 11.2. The van der Waals surface area contributed by atoms with Crippen LogP contribution in [0.25, 0.3) is 0 Å². The van der Waals surface area contributed by atoms with E-state index in [0.717, 1.165) is 0 Å². The molecule has 0 rings (SSSR count). The van der Waals surface area contributed by atoms with Crippen molar-refractivity contribution in [1.29, 1.82) is 0 Å². The first-order valence-electron chi connectivity index (χ1n) is 2.99. The fraction of sp³-hybridized carbons (Fsp3) is 0.800. The van der Waals surface area contributed by atoms with Gasteiger partial charge in [-0.05, 0) is 0 Å². The molecule has 0 aliphatic carbocycles. The molecule has 0 aromatic carbocycles. The lowest BCUT2D eigenvalue weighted by atomic mass is 10.3. The Bertz CT molecular complexity index is 115. The van der Waals surface area contributed by atoms with E-state index < -0.39 is 12.0 Å². The Morgan fingerprint density at radius 1 is 1.73 bits per heavy atom. The van der Waals surface area contributed by atoms with Crippen LogP contribution >= 0.6 is 25.0 Å². The topological polar surface area (TPSA) is 75.3 Å². The lowest BCUT2D eigenvalue weighted by Gasteiger charge is -2.09. The van der Waals surface area contributed by atoms with Gasteiger partial charge < -0.3 is 16.2 Å². The molecule has 4 nitrogen and oxygen atoms in total. The third-order valence-corrected chi connectivity index (χ3v) is 1.38. The molecule has 0 unspecified atom stereocenters. The lowest BCUT2D eigenvalue weighted by Crippen LogP contribution is -2.40. The van der Waals surface area contributed by atoms with Crippen molar-refractivity contribution in [3.05, 3.63) is 0 Å².